The molecule has 2 amide bonds. The van der Waals surface area contributed by atoms with Gasteiger partial charge in [0.25, 0.3) is 5.91 Å². The molecular weight excluding hydrogens is 279 g/mol. The zero-order valence-corrected chi connectivity index (χ0v) is 11.1. The van der Waals surface area contributed by atoms with Crippen molar-refractivity contribution in [2.75, 3.05) is 13.6 Å². The molecular formula is C11H14F3N3O3. The second-order valence-electron chi connectivity index (χ2n) is 4.28. The van der Waals surface area contributed by atoms with E-state index in [1.54, 1.807) is 6.92 Å². The lowest BCUT2D eigenvalue weighted by atomic mass is 10.2. The fraction of sp³-hybridized carbons (Fsp3) is 0.545. The van der Waals surface area contributed by atoms with Crippen LogP contribution in [0.1, 0.15) is 30.1 Å². The fourth-order valence-electron chi connectivity index (χ4n) is 1.31. The van der Waals surface area contributed by atoms with Crippen LogP contribution in [0.15, 0.2) is 10.6 Å². The maximum atomic E-state index is 12.3. The van der Waals surface area contributed by atoms with Gasteiger partial charge in [0.05, 0.1) is 0 Å². The van der Waals surface area contributed by atoms with Crippen molar-refractivity contribution >= 4 is 11.8 Å². The molecule has 1 aromatic heterocycles. The average Bonchev–Trinajstić information content (AvgIpc) is 2.83. The molecule has 0 aliphatic heterocycles. The molecule has 0 bridgehead atoms. The Balaban J connectivity index is 2.74. The minimum absolute atomic E-state index is 0.178. The zero-order chi connectivity index (χ0) is 15.5. The van der Waals surface area contributed by atoms with Crippen molar-refractivity contribution in [3.63, 3.8) is 0 Å². The van der Waals surface area contributed by atoms with Crippen LogP contribution in [0.25, 0.3) is 0 Å². The van der Waals surface area contributed by atoms with Crippen LogP contribution in [0.5, 0.6) is 0 Å². The number of carbonyl (C=O) groups excluding carboxylic acids is 2. The number of hydrogen-bond donors (Lipinski definition) is 1. The Morgan fingerprint density at radius 3 is 2.55 bits per heavy atom. The first kappa shape index (κ1) is 16.0. The third kappa shape index (κ3) is 3.97. The number of hydrogen-bond acceptors (Lipinski definition) is 4. The molecule has 1 aromatic rings. The Hall–Kier alpha value is -2.06. The molecule has 0 saturated heterocycles. The number of likely N-dealkylation sites (N-methyl/N-ethyl adjacent to an activating group) is 1. The first-order valence-corrected chi connectivity index (χ1v) is 5.68. The molecule has 112 valence electrons. The van der Waals surface area contributed by atoms with Crippen molar-refractivity contribution in [1.29, 1.82) is 0 Å². The number of nitrogens with one attached hydrogen (secondary N) is 1. The highest BCUT2D eigenvalue weighted by atomic mass is 19.4. The quantitative estimate of drug-likeness (QED) is 0.907. The van der Waals surface area contributed by atoms with Gasteiger partial charge in [0.2, 0.25) is 11.7 Å². The number of aromatic nitrogens is 1. The van der Waals surface area contributed by atoms with Crippen LogP contribution < -0.4 is 5.32 Å². The van der Waals surface area contributed by atoms with Crippen molar-refractivity contribution in [3.8, 4) is 0 Å². The third-order valence-electron chi connectivity index (χ3n) is 2.64. The van der Waals surface area contributed by atoms with Crippen molar-refractivity contribution < 1.29 is 27.3 Å². The average molecular weight is 293 g/mol. The highest BCUT2D eigenvalue weighted by Crippen LogP contribution is 2.28. The van der Waals surface area contributed by atoms with Gasteiger partial charge in [-0.2, -0.15) is 13.2 Å². The van der Waals surface area contributed by atoms with Gasteiger partial charge in [0, 0.05) is 32.6 Å². The lowest BCUT2D eigenvalue weighted by Gasteiger charge is -2.23. The van der Waals surface area contributed by atoms with E-state index in [0.717, 1.165) is 4.90 Å². The number of carbonyl (C=O) groups is 2. The number of amides is 2. The van der Waals surface area contributed by atoms with Crippen molar-refractivity contribution in [2.24, 2.45) is 0 Å². The van der Waals surface area contributed by atoms with Crippen LogP contribution in [0.4, 0.5) is 13.2 Å². The first-order chi connectivity index (χ1) is 9.12. The number of alkyl halides is 3. The molecule has 0 aliphatic carbocycles. The molecule has 1 atom stereocenters. The lowest BCUT2D eigenvalue weighted by Crippen LogP contribution is -2.42. The predicted molar refractivity (Wildman–Crippen MR) is 61.7 cm³/mol. The monoisotopic (exact) mass is 293 g/mol. The Morgan fingerprint density at radius 2 is 2.10 bits per heavy atom. The van der Waals surface area contributed by atoms with E-state index in [1.807, 2.05) is 0 Å². The Labute approximate surface area is 112 Å². The summed E-state index contributed by atoms with van der Waals surface area (Å²) in [5.74, 6) is -1.52. The topological polar surface area (TPSA) is 75.4 Å². The summed E-state index contributed by atoms with van der Waals surface area (Å²) < 4.78 is 41.4. The Bertz CT molecular complexity index is 499. The van der Waals surface area contributed by atoms with Gasteiger partial charge in [-0.1, -0.05) is 5.16 Å². The van der Waals surface area contributed by atoms with Gasteiger partial charge < -0.3 is 14.7 Å². The molecule has 9 heteroatoms. The van der Waals surface area contributed by atoms with Crippen LogP contribution >= 0.6 is 0 Å². The molecule has 1 heterocycles. The number of nitrogens with zero attached hydrogens (tertiary/aromatic N) is 2. The third-order valence-corrected chi connectivity index (χ3v) is 2.64. The van der Waals surface area contributed by atoms with Crippen LogP contribution in [0, 0.1) is 0 Å². The van der Waals surface area contributed by atoms with Crippen LogP contribution in [0.2, 0.25) is 0 Å². The van der Waals surface area contributed by atoms with E-state index < -0.39 is 29.6 Å². The summed E-state index contributed by atoms with van der Waals surface area (Å²) in [7, 11) is 1.39. The van der Waals surface area contributed by atoms with E-state index in [0.29, 0.717) is 6.07 Å². The Kier molecular flexibility index (Phi) is 4.74. The molecule has 1 N–H and O–H groups in total. The first-order valence-electron chi connectivity index (χ1n) is 5.68. The standard InChI is InChI=1S/C11H14F3N3O3/c1-6(5-15-7(2)18)17(3)10(19)8-4-9(16-20-8)11(12,13)14/h4,6H,5H2,1-3H3,(H,15,18). The molecule has 0 aromatic carbocycles. The van der Waals surface area contributed by atoms with Gasteiger partial charge in [-0.3, -0.25) is 9.59 Å². The minimum atomic E-state index is -4.66. The molecule has 6 nitrogen and oxygen atoms in total. The zero-order valence-electron chi connectivity index (χ0n) is 11.1. The molecule has 1 unspecified atom stereocenters. The predicted octanol–water partition coefficient (Wildman–Crippen LogP) is 1.29. The van der Waals surface area contributed by atoms with E-state index in [2.05, 4.69) is 15.0 Å². The van der Waals surface area contributed by atoms with Gasteiger partial charge >= 0.3 is 6.18 Å². The largest absolute Gasteiger partial charge is 0.436 e. The van der Waals surface area contributed by atoms with E-state index in [4.69, 9.17) is 0 Å². The van der Waals surface area contributed by atoms with Gasteiger partial charge in [0.1, 0.15) is 0 Å². The van der Waals surface area contributed by atoms with Crippen molar-refractivity contribution in [2.45, 2.75) is 26.1 Å². The van der Waals surface area contributed by atoms with E-state index >= 15 is 0 Å². The summed E-state index contributed by atoms with van der Waals surface area (Å²) in [6.45, 7) is 3.13. The van der Waals surface area contributed by atoms with E-state index in [9.17, 15) is 22.8 Å². The molecule has 0 spiro atoms. The van der Waals surface area contributed by atoms with Crippen LogP contribution in [-0.4, -0.2) is 41.5 Å². The fourth-order valence-corrected chi connectivity index (χ4v) is 1.31. The molecule has 1 rings (SSSR count). The lowest BCUT2D eigenvalue weighted by molar-refractivity contribution is -0.142. The van der Waals surface area contributed by atoms with Crippen LogP contribution in [0.3, 0.4) is 0 Å². The normalized spacial score (nSPS) is 12.9. The highest BCUT2D eigenvalue weighted by Gasteiger charge is 2.36. The van der Waals surface area contributed by atoms with Gasteiger partial charge in [-0.05, 0) is 6.92 Å². The molecule has 0 radical (unpaired) electrons. The smallest absolute Gasteiger partial charge is 0.354 e. The summed E-state index contributed by atoms with van der Waals surface area (Å²) >= 11 is 0. The highest BCUT2D eigenvalue weighted by molar-refractivity contribution is 5.91. The minimum Gasteiger partial charge on any atom is -0.354 e. The van der Waals surface area contributed by atoms with E-state index in [1.165, 1.54) is 14.0 Å². The van der Waals surface area contributed by atoms with Crippen molar-refractivity contribution in [1.82, 2.24) is 15.4 Å². The summed E-state index contributed by atoms with van der Waals surface area (Å²) in [4.78, 5) is 23.8. The summed E-state index contributed by atoms with van der Waals surface area (Å²) in [6.07, 6.45) is -4.66. The summed E-state index contributed by atoms with van der Waals surface area (Å²) in [6, 6.07) is 0.134. The summed E-state index contributed by atoms with van der Waals surface area (Å²) in [5.41, 5.74) is -1.26. The molecule has 0 fully saturated rings. The maximum absolute atomic E-state index is 12.3. The second-order valence-corrected chi connectivity index (χ2v) is 4.28. The second kappa shape index (κ2) is 5.93. The summed E-state index contributed by atoms with van der Waals surface area (Å²) in [5, 5.41) is 5.31. The molecule has 20 heavy (non-hydrogen) atoms. The molecule has 0 aliphatic rings. The number of rotatable bonds is 4. The van der Waals surface area contributed by atoms with E-state index in [-0.39, 0.29) is 12.5 Å². The van der Waals surface area contributed by atoms with Crippen molar-refractivity contribution in [3.05, 3.63) is 17.5 Å². The van der Waals surface area contributed by atoms with Crippen LogP contribution in [-0.2, 0) is 11.0 Å². The number of halogens is 3. The van der Waals surface area contributed by atoms with Gasteiger partial charge in [-0.25, -0.2) is 0 Å². The maximum Gasteiger partial charge on any atom is 0.436 e. The SMILES string of the molecule is CC(=O)NCC(C)N(C)C(=O)c1cc(C(F)(F)F)no1. The van der Waals surface area contributed by atoms with Gasteiger partial charge in [-0.15, -0.1) is 0 Å². The van der Waals surface area contributed by atoms with Gasteiger partial charge in [0.15, 0.2) is 5.69 Å². The Morgan fingerprint density at radius 1 is 1.50 bits per heavy atom. The molecule has 0 saturated carbocycles.